The smallest absolute Gasteiger partial charge is 0.225 e. The second-order valence-corrected chi connectivity index (χ2v) is 6.24. The average molecular weight is 393 g/mol. The summed E-state index contributed by atoms with van der Waals surface area (Å²) in [6, 6.07) is 11.0. The number of carbonyl (C=O) groups excluding carboxylic acids is 1. The van der Waals surface area contributed by atoms with Crippen molar-refractivity contribution < 1.29 is 19.0 Å². The van der Waals surface area contributed by atoms with Gasteiger partial charge in [-0.3, -0.25) is 4.79 Å². The highest BCUT2D eigenvalue weighted by Crippen LogP contribution is 2.28. The van der Waals surface area contributed by atoms with Gasteiger partial charge in [-0.2, -0.15) is 0 Å². The Morgan fingerprint density at radius 2 is 1.63 bits per heavy atom. The van der Waals surface area contributed by atoms with Crippen LogP contribution >= 0.6 is 11.6 Å². The zero-order valence-corrected chi connectivity index (χ0v) is 16.6. The molecule has 0 spiro atoms. The van der Waals surface area contributed by atoms with Gasteiger partial charge >= 0.3 is 0 Å². The summed E-state index contributed by atoms with van der Waals surface area (Å²) in [7, 11) is 4.78. The van der Waals surface area contributed by atoms with E-state index < -0.39 is 0 Å². The molecule has 2 N–H and O–H groups in total. The van der Waals surface area contributed by atoms with Crippen LogP contribution in [0.5, 0.6) is 17.2 Å². The molecular weight excluding hydrogens is 368 g/mol. The van der Waals surface area contributed by atoms with E-state index in [4.69, 9.17) is 25.8 Å². The lowest BCUT2D eigenvalue weighted by atomic mass is 10.1. The maximum atomic E-state index is 12.0. The number of hydrogen-bond acceptors (Lipinski definition) is 5. The van der Waals surface area contributed by atoms with Crippen molar-refractivity contribution in [3.8, 4) is 17.2 Å². The Kier molecular flexibility index (Phi) is 8.23. The van der Waals surface area contributed by atoms with E-state index in [1.165, 1.54) is 0 Å². The number of benzene rings is 2. The van der Waals surface area contributed by atoms with Gasteiger partial charge in [-0.25, -0.2) is 0 Å². The van der Waals surface area contributed by atoms with Crippen molar-refractivity contribution in [1.29, 1.82) is 0 Å². The summed E-state index contributed by atoms with van der Waals surface area (Å²) in [4.78, 5) is 12.0. The average Bonchev–Trinajstić information content (AvgIpc) is 2.67. The van der Waals surface area contributed by atoms with Gasteiger partial charge in [-0.15, -0.1) is 0 Å². The Hall–Kier alpha value is -2.44. The fourth-order valence-electron chi connectivity index (χ4n) is 2.56. The number of methoxy groups -OCH3 is 3. The molecule has 6 nitrogen and oxygen atoms in total. The molecule has 0 saturated carbocycles. The molecule has 0 radical (unpaired) electrons. The van der Waals surface area contributed by atoms with E-state index in [0.717, 1.165) is 18.5 Å². The minimum atomic E-state index is -0.0742. The molecule has 0 saturated heterocycles. The molecule has 7 heteroatoms. The molecule has 1 amide bonds. The fraction of sp³-hybridized carbons (Fsp3) is 0.350. The third kappa shape index (κ3) is 6.34. The summed E-state index contributed by atoms with van der Waals surface area (Å²) < 4.78 is 15.6. The zero-order chi connectivity index (χ0) is 19.6. The van der Waals surface area contributed by atoms with Crippen LogP contribution in [-0.2, 0) is 11.2 Å². The van der Waals surface area contributed by atoms with Crippen LogP contribution in [0.4, 0.5) is 5.69 Å². The van der Waals surface area contributed by atoms with E-state index >= 15 is 0 Å². The lowest BCUT2D eigenvalue weighted by Crippen LogP contribution is -2.23. The molecule has 0 aromatic heterocycles. The SMILES string of the molecule is COc1ccc(NC(=O)CCNCCc2ccc(OC)c(OC)c2)cc1Cl. The summed E-state index contributed by atoms with van der Waals surface area (Å²) >= 11 is 6.05. The van der Waals surface area contributed by atoms with Gasteiger partial charge in [0.1, 0.15) is 5.75 Å². The maximum Gasteiger partial charge on any atom is 0.225 e. The van der Waals surface area contributed by atoms with Crippen LogP contribution in [0.15, 0.2) is 36.4 Å². The van der Waals surface area contributed by atoms with Crippen molar-refractivity contribution in [3.63, 3.8) is 0 Å². The topological polar surface area (TPSA) is 68.8 Å². The molecule has 2 rings (SSSR count). The Balaban J connectivity index is 1.70. The Morgan fingerprint density at radius 3 is 2.30 bits per heavy atom. The van der Waals surface area contributed by atoms with E-state index in [2.05, 4.69) is 10.6 Å². The minimum Gasteiger partial charge on any atom is -0.495 e. The molecule has 0 heterocycles. The van der Waals surface area contributed by atoms with Gasteiger partial charge in [0.25, 0.3) is 0 Å². The third-order valence-electron chi connectivity index (χ3n) is 4.00. The van der Waals surface area contributed by atoms with Crippen LogP contribution < -0.4 is 24.8 Å². The lowest BCUT2D eigenvalue weighted by Gasteiger charge is -2.10. The molecule has 0 bridgehead atoms. The summed E-state index contributed by atoms with van der Waals surface area (Å²) in [5, 5.41) is 6.55. The van der Waals surface area contributed by atoms with Crippen LogP contribution in [0.1, 0.15) is 12.0 Å². The zero-order valence-electron chi connectivity index (χ0n) is 15.8. The molecule has 0 unspecified atom stereocenters. The molecule has 0 atom stereocenters. The summed E-state index contributed by atoms with van der Waals surface area (Å²) in [5.74, 6) is 1.93. The number of anilines is 1. The minimum absolute atomic E-state index is 0.0742. The molecule has 146 valence electrons. The first kappa shape index (κ1) is 20.9. The van der Waals surface area contributed by atoms with E-state index in [1.54, 1.807) is 39.5 Å². The molecule has 0 aliphatic carbocycles. The van der Waals surface area contributed by atoms with Gasteiger partial charge in [-0.1, -0.05) is 17.7 Å². The van der Waals surface area contributed by atoms with E-state index in [-0.39, 0.29) is 5.91 Å². The van der Waals surface area contributed by atoms with Crippen LogP contribution in [-0.4, -0.2) is 40.3 Å². The summed E-state index contributed by atoms with van der Waals surface area (Å²) in [5.41, 5.74) is 1.79. The van der Waals surface area contributed by atoms with E-state index in [9.17, 15) is 4.79 Å². The number of ether oxygens (including phenoxy) is 3. The number of carbonyl (C=O) groups is 1. The maximum absolute atomic E-state index is 12.0. The Morgan fingerprint density at radius 1 is 0.926 bits per heavy atom. The highest BCUT2D eigenvalue weighted by Gasteiger charge is 2.07. The van der Waals surface area contributed by atoms with Crippen molar-refractivity contribution in [1.82, 2.24) is 5.32 Å². The standard InChI is InChI=1S/C20H25ClN2O4/c1-25-17-7-5-15(13-16(17)21)23-20(24)9-11-22-10-8-14-4-6-18(26-2)19(12-14)27-3/h4-7,12-13,22H,8-11H2,1-3H3,(H,23,24). The van der Waals surface area contributed by atoms with E-state index in [0.29, 0.717) is 40.9 Å². The summed E-state index contributed by atoms with van der Waals surface area (Å²) in [6.45, 7) is 1.35. The fourth-order valence-corrected chi connectivity index (χ4v) is 2.82. The first-order chi connectivity index (χ1) is 13.1. The Bertz CT molecular complexity index is 768. The second-order valence-electron chi connectivity index (χ2n) is 5.84. The predicted octanol–water partition coefficient (Wildman–Crippen LogP) is 3.53. The molecule has 2 aromatic carbocycles. The molecule has 2 aromatic rings. The van der Waals surface area contributed by atoms with E-state index in [1.807, 2.05) is 18.2 Å². The number of amides is 1. The van der Waals surface area contributed by atoms with Gasteiger partial charge < -0.3 is 24.8 Å². The van der Waals surface area contributed by atoms with Crippen molar-refractivity contribution in [2.24, 2.45) is 0 Å². The van der Waals surface area contributed by atoms with Crippen molar-refractivity contribution in [3.05, 3.63) is 47.0 Å². The van der Waals surface area contributed by atoms with Crippen LogP contribution in [0.3, 0.4) is 0 Å². The number of rotatable bonds is 10. The first-order valence-electron chi connectivity index (χ1n) is 8.62. The van der Waals surface area contributed by atoms with Crippen LogP contribution in [0, 0.1) is 0 Å². The quantitative estimate of drug-likeness (QED) is 0.605. The van der Waals surface area contributed by atoms with Gasteiger partial charge in [0.05, 0.1) is 26.4 Å². The van der Waals surface area contributed by atoms with Gasteiger partial charge in [-0.05, 0) is 48.9 Å². The van der Waals surface area contributed by atoms with Gasteiger partial charge in [0.15, 0.2) is 11.5 Å². The highest BCUT2D eigenvalue weighted by molar-refractivity contribution is 6.32. The monoisotopic (exact) mass is 392 g/mol. The van der Waals surface area contributed by atoms with Gasteiger partial charge in [0.2, 0.25) is 5.91 Å². The predicted molar refractivity (Wildman–Crippen MR) is 107 cm³/mol. The van der Waals surface area contributed by atoms with Crippen molar-refractivity contribution in [2.45, 2.75) is 12.8 Å². The normalized spacial score (nSPS) is 10.4. The third-order valence-corrected chi connectivity index (χ3v) is 4.30. The number of hydrogen-bond donors (Lipinski definition) is 2. The molecular formula is C20H25ClN2O4. The van der Waals surface area contributed by atoms with Crippen LogP contribution in [0.2, 0.25) is 5.02 Å². The van der Waals surface area contributed by atoms with Crippen molar-refractivity contribution >= 4 is 23.2 Å². The lowest BCUT2D eigenvalue weighted by molar-refractivity contribution is -0.116. The first-order valence-corrected chi connectivity index (χ1v) is 9.00. The highest BCUT2D eigenvalue weighted by atomic mass is 35.5. The van der Waals surface area contributed by atoms with Crippen molar-refractivity contribution in [2.75, 3.05) is 39.7 Å². The number of nitrogens with one attached hydrogen (secondary N) is 2. The largest absolute Gasteiger partial charge is 0.495 e. The number of halogens is 1. The second kappa shape index (κ2) is 10.6. The molecule has 0 aliphatic heterocycles. The summed E-state index contributed by atoms with van der Waals surface area (Å²) in [6.07, 6.45) is 1.20. The molecule has 0 aliphatic rings. The molecule has 0 fully saturated rings. The molecule has 27 heavy (non-hydrogen) atoms. The van der Waals surface area contributed by atoms with Gasteiger partial charge in [0, 0.05) is 18.7 Å². The van der Waals surface area contributed by atoms with Crippen LogP contribution in [0.25, 0.3) is 0 Å². The Labute approximate surface area is 164 Å².